The number of hydrogen-bond acceptors (Lipinski definition) is 3. The molecule has 0 aromatic heterocycles. The summed E-state index contributed by atoms with van der Waals surface area (Å²) >= 11 is 0. The number of hydrogen-bond donors (Lipinski definition) is 3. The molecule has 20 heavy (non-hydrogen) atoms. The van der Waals surface area contributed by atoms with Gasteiger partial charge in [0.05, 0.1) is 19.3 Å². The van der Waals surface area contributed by atoms with E-state index in [1.807, 2.05) is 32.9 Å². The third-order valence-corrected chi connectivity index (χ3v) is 3.26. The molecular weight excluding hydrogens is 256 g/mol. The second kappa shape index (κ2) is 7.14. The molecule has 5 nitrogen and oxygen atoms in total. The quantitative estimate of drug-likeness (QED) is 0.750. The van der Waals surface area contributed by atoms with Crippen molar-refractivity contribution in [2.75, 3.05) is 19.0 Å². The molecule has 0 aliphatic carbocycles. The van der Waals surface area contributed by atoms with Gasteiger partial charge in [0.25, 0.3) is 0 Å². The average Bonchev–Trinajstić information content (AvgIpc) is 2.41. The van der Waals surface area contributed by atoms with Crippen LogP contribution in [0.3, 0.4) is 0 Å². The van der Waals surface area contributed by atoms with Gasteiger partial charge in [0.15, 0.2) is 0 Å². The minimum Gasteiger partial charge on any atom is -0.497 e. The largest absolute Gasteiger partial charge is 0.497 e. The molecule has 0 radical (unpaired) electrons. The summed E-state index contributed by atoms with van der Waals surface area (Å²) in [4.78, 5) is 12.0. The first-order valence-electron chi connectivity index (χ1n) is 6.78. The zero-order chi connectivity index (χ0) is 15.2. The van der Waals surface area contributed by atoms with Crippen molar-refractivity contribution in [2.45, 2.75) is 39.2 Å². The van der Waals surface area contributed by atoms with Gasteiger partial charge in [-0.15, -0.1) is 0 Å². The predicted octanol–water partition coefficient (Wildman–Crippen LogP) is 2.68. The maximum atomic E-state index is 12.0. The smallest absolute Gasteiger partial charge is 0.319 e. The molecule has 0 fully saturated rings. The number of amides is 2. The molecule has 1 unspecified atom stereocenters. The van der Waals surface area contributed by atoms with E-state index in [0.29, 0.717) is 17.9 Å². The van der Waals surface area contributed by atoms with E-state index in [0.717, 1.165) is 12.0 Å². The number of aliphatic hydroxyl groups excluding tert-OH is 1. The van der Waals surface area contributed by atoms with Crippen molar-refractivity contribution in [3.05, 3.63) is 23.8 Å². The van der Waals surface area contributed by atoms with Crippen LogP contribution in [0.2, 0.25) is 0 Å². The van der Waals surface area contributed by atoms with Crippen LogP contribution < -0.4 is 15.4 Å². The Hall–Kier alpha value is -1.75. The number of ether oxygens (including phenoxy) is 1. The Labute approximate surface area is 120 Å². The van der Waals surface area contributed by atoms with Crippen LogP contribution in [0.15, 0.2) is 18.2 Å². The Morgan fingerprint density at radius 2 is 2.15 bits per heavy atom. The number of carbonyl (C=O) groups is 1. The van der Waals surface area contributed by atoms with Gasteiger partial charge in [-0.25, -0.2) is 4.79 Å². The Morgan fingerprint density at radius 1 is 1.45 bits per heavy atom. The van der Waals surface area contributed by atoms with E-state index < -0.39 is 5.54 Å². The fourth-order valence-electron chi connectivity index (χ4n) is 2.02. The van der Waals surface area contributed by atoms with Crippen molar-refractivity contribution in [1.29, 1.82) is 0 Å². The molecule has 3 N–H and O–H groups in total. The van der Waals surface area contributed by atoms with Crippen molar-refractivity contribution in [1.82, 2.24) is 5.32 Å². The van der Waals surface area contributed by atoms with Gasteiger partial charge in [0.2, 0.25) is 0 Å². The van der Waals surface area contributed by atoms with Gasteiger partial charge < -0.3 is 20.5 Å². The Kier molecular flexibility index (Phi) is 5.82. The van der Waals surface area contributed by atoms with Gasteiger partial charge in [-0.1, -0.05) is 19.4 Å². The van der Waals surface area contributed by atoms with E-state index in [2.05, 4.69) is 10.6 Å². The van der Waals surface area contributed by atoms with Crippen molar-refractivity contribution < 1.29 is 14.6 Å². The molecule has 0 aliphatic heterocycles. The van der Waals surface area contributed by atoms with Crippen molar-refractivity contribution in [3.63, 3.8) is 0 Å². The van der Waals surface area contributed by atoms with Crippen LogP contribution in [0, 0.1) is 6.92 Å². The number of methoxy groups -OCH3 is 1. The molecule has 1 atom stereocenters. The van der Waals surface area contributed by atoms with Gasteiger partial charge in [0, 0.05) is 11.8 Å². The van der Waals surface area contributed by atoms with Crippen LogP contribution in [0.1, 0.15) is 32.3 Å². The summed E-state index contributed by atoms with van der Waals surface area (Å²) in [6.07, 6.45) is 1.60. The third kappa shape index (κ3) is 4.42. The minimum absolute atomic E-state index is 0.0919. The van der Waals surface area contributed by atoms with Crippen LogP contribution in [0.5, 0.6) is 5.75 Å². The molecule has 112 valence electrons. The highest BCUT2D eigenvalue weighted by Crippen LogP contribution is 2.22. The molecule has 0 bridgehead atoms. The van der Waals surface area contributed by atoms with E-state index in [9.17, 15) is 9.90 Å². The molecule has 0 aliphatic rings. The van der Waals surface area contributed by atoms with Crippen molar-refractivity contribution in [3.8, 4) is 5.75 Å². The molecular formula is C15H24N2O3. The topological polar surface area (TPSA) is 70.6 Å². The van der Waals surface area contributed by atoms with Gasteiger partial charge in [-0.05, 0) is 31.9 Å². The fourth-order valence-corrected chi connectivity index (χ4v) is 2.02. The number of urea groups is 1. The summed E-state index contributed by atoms with van der Waals surface area (Å²) in [5.74, 6) is 0.685. The zero-order valence-electron chi connectivity index (χ0n) is 12.6. The van der Waals surface area contributed by atoms with Gasteiger partial charge >= 0.3 is 6.03 Å². The Balaban J connectivity index is 2.75. The number of aliphatic hydroxyl groups is 1. The number of rotatable bonds is 6. The van der Waals surface area contributed by atoms with E-state index in [4.69, 9.17) is 4.74 Å². The molecule has 2 amide bonds. The van der Waals surface area contributed by atoms with E-state index in [1.54, 1.807) is 13.2 Å². The number of nitrogens with one attached hydrogen (secondary N) is 2. The molecule has 0 heterocycles. The van der Waals surface area contributed by atoms with Gasteiger partial charge in [-0.2, -0.15) is 0 Å². The highest BCUT2D eigenvalue weighted by molar-refractivity contribution is 5.90. The lowest BCUT2D eigenvalue weighted by molar-refractivity contribution is 0.167. The van der Waals surface area contributed by atoms with E-state index in [-0.39, 0.29) is 12.6 Å². The van der Waals surface area contributed by atoms with Crippen LogP contribution in [0.25, 0.3) is 0 Å². The van der Waals surface area contributed by atoms with Crippen LogP contribution in [-0.2, 0) is 0 Å². The minimum atomic E-state index is -0.606. The van der Waals surface area contributed by atoms with Crippen LogP contribution in [0.4, 0.5) is 10.5 Å². The normalized spacial score (nSPS) is 13.4. The lowest BCUT2D eigenvalue weighted by atomic mass is 9.98. The van der Waals surface area contributed by atoms with E-state index in [1.165, 1.54) is 0 Å². The van der Waals surface area contributed by atoms with Gasteiger partial charge in [0.1, 0.15) is 5.75 Å². The first kappa shape index (κ1) is 16.3. The summed E-state index contributed by atoms with van der Waals surface area (Å²) in [5, 5.41) is 15.0. The zero-order valence-corrected chi connectivity index (χ0v) is 12.6. The maximum Gasteiger partial charge on any atom is 0.319 e. The molecule has 1 rings (SSSR count). The number of anilines is 1. The average molecular weight is 280 g/mol. The predicted molar refractivity (Wildman–Crippen MR) is 80.3 cm³/mol. The van der Waals surface area contributed by atoms with E-state index >= 15 is 0 Å². The van der Waals surface area contributed by atoms with Crippen molar-refractivity contribution >= 4 is 11.7 Å². The second-order valence-electron chi connectivity index (χ2n) is 5.23. The number of aryl methyl sites for hydroxylation is 1. The molecule has 1 aromatic carbocycles. The van der Waals surface area contributed by atoms with Crippen molar-refractivity contribution in [2.24, 2.45) is 0 Å². The lowest BCUT2D eigenvalue weighted by Gasteiger charge is -2.28. The molecule has 0 saturated heterocycles. The first-order valence-corrected chi connectivity index (χ1v) is 6.78. The first-order chi connectivity index (χ1) is 9.44. The summed E-state index contributed by atoms with van der Waals surface area (Å²) < 4.78 is 5.14. The Morgan fingerprint density at radius 3 is 2.70 bits per heavy atom. The van der Waals surface area contributed by atoms with Gasteiger partial charge in [-0.3, -0.25) is 0 Å². The second-order valence-corrected chi connectivity index (χ2v) is 5.23. The monoisotopic (exact) mass is 280 g/mol. The summed E-state index contributed by atoms with van der Waals surface area (Å²) in [6, 6.07) is 5.16. The summed E-state index contributed by atoms with van der Waals surface area (Å²) in [5.41, 5.74) is 1.03. The van der Waals surface area contributed by atoms with Crippen LogP contribution >= 0.6 is 0 Å². The molecule has 0 saturated carbocycles. The standard InChI is InChI=1S/C15H24N2O3/c1-5-8-15(3,10-18)17-14(19)16-13-9-12(20-4)7-6-11(13)2/h6-7,9,18H,5,8,10H2,1-4H3,(H2,16,17,19). The highest BCUT2D eigenvalue weighted by atomic mass is 16.5. The van der Waals surface area contributed by atoms with Crippen LogP contribution in [-0.4, -0.2) is 30.4 Å². The third-order valence-electron chi connectivity index (χ3n) is 3.26. The number of benzene rings is 1. The SMILES string of the molecule is CCCC(C)(CO)NC(=O)Nc1cc(OC)ccc1C. The molecule has 0 spiro atoms. The highest BCUT2D eigenvalue weighted by Gasteiger charge is 2.24. The summed E-state index contributed by atoms with van der Waals surface area (Å²) in [6.45, 7) is 5.66. The summed E-state index contributed by atoms with van der Waals surface area (Å²) in [7, 11) is 1.58. The maximum absolute atomic E-state index is 12.0. The molecule has 5 heteroatoms. The molecule has 1 aromatic rings. The Bertz CT molecular complexity index is 462. The fraction of sp³-hybridized carbons (Fsp3) is 0.533. The number of carbonyl (C=O) groups excluding carboxylic acids is 1. The lowest BCUT2D eigenvalue weighted by Crippen LogP contribution is -2.50.